The number of nitrogen functional groups attached to an aromatic ring is 1. The lowest BCUT2D eigenvalue weighted by Crippen LogP contribution is -2.23. The van der Waals surface area contributed by atoms with Crippen LogP contribution in [-0.2, 0) is 0 Å². The number of nitrogens with one attached hydrogen (secondary N) is 2. The average Bonchev–Trinajstić information content (AvgIpc) is 2.74. The molecule has 6 nitrogen and oxygen atoms in total. The predicted octanol–water partition coefficient (Wildman–Crippen LogP) is 4.88. The lowest BCUT2D eigenvalue weighted by atomic mass is 10.2. The summed E-state index contributed by atoms with van der Waals surface area (Å²) in [6.07, 6.45) is 3.53. The number of hydrogen-bond acceptors (Lipinski definition) is 6. The first-order valence-corrected chi connectivity index (χ1v) is 10.5. The van der Waals surface area contributed by atoms with E-state index in [-0.39, 0.29) is 0 Å². The van der Waals surface area contributed by atoms with Crippen LogP contribution in [0.4, 0.5) is 23.1 Å². The minimum Gasteiger partial charge on any atom is -0.369 e. The van der Waals surface area contributed by atoms with Crippen LogP contribution in [0.5, 0.6) is 0 Å². The zero-order chi connectivity index (χ0) is 20.5. The molecule has 0 amide bonds. The molecule has 1 aromatic heterocycles. The molecule has 0 aliphatic heterocycles. The van der Waals surface area contributed by atoms with Crippen molar-refractivity contribution < 1.29 is 0 Å². The Bertz CT molecular complexity index is 893. The van der Waals surface area contributed by atoms with Crippen molar-refractivity contribution in [2.75, 3.05) is 42.5 Å². The number of nitrogens with zero attached hydrogens (tertiary/aromatic N) is 3. The van der Waals surface area contributed by atoms with Crippen LogP contribution in [0.2, 0.25) is 0 Å². The van der Waals surface area contributed by atoms with E-state index in [1.165, 1.54) is 19.4 Å². The molecular weight excluding hydrogens is 360 g/mol. The SMILES string of the molecule is CCN(CC)CCCCCNc1nc(N)nc2ccc(Nc3ccccc3)cc12. The molecule has 0 bridgehead atoms. The Labute approximate surface area is 173 Å². The molecule has 0 aliphatic rings. The molecule has 3 aromatic rings. The number of anilines is 4. The zero-order valence-electron chi connectivity index (χ0n) is 17.5. The van der Waals surface area contributed by atoms with E-state index < -0.39 is 0 Å². The highest BCUT2D eigenvalue weighted by Crippen LogP contribution is 2.26. The molecule has 4 N–H and O–H groups in total. The topological polar surface area (TPSA) is 79.1 Å². The Morgan fingerprint density at radius 3 is 2.45 bits per heavy atom. The smallest absolute Gasteiger partial charge is 0.222 e. The van der Waals surface area contributed by atoms with Gasteiger partial charge in [-0.05, 0) is 62.8 Å². The molecule has 2 aromatic carbocycles. The van der Waals surface area contributed by atoms with Gasteiger partial charge in [-0.1, -0.05) is 38.5 Å². The van der Waals surface area contributed by atoms with Crippen molar-refractivity contribution in [3.63, 3.8) is 0 Å². The van der Waals surface area contributed by atoms with Crippen molar-refractivity contribution in [1.82, 2.24) is 14.9 Å². The van der Waals surface area contributed by atoms with Crippen LogP contribution in [-0.4, -0.2) is 41.0 Å². The van der Waals surface area contributed by atoms with Crippen molar-refractivity contribution in [2.45, 2.75) is 33.1 Å². The summed E-state index contributed by atoms with van der Waals surface area (Å²) in [5.41, 5.74) is 8.81. The fourth-order valence-corrected chi connectivity index (χ4v) is 3.43. The lowest BCUT2D eigenvalue weighted by Gasteiger charge is -2.17. The summed E-state index contributed by atoms with van der Waals surface area (Å²) in [5.74, 6) is 1.10. The molecule has 0 spiro atoms. The predicted molar refractivity (Wildman–Crippen MR) is 124 cm³/mol. The van der Waals surface area contributed by atoms with Crippen LogP contribution in [0, 0.1) is 0 Å². The number of fused-ring (bicyclic) bond motifs is 1. The lowest BCUT2D eigenvalue weighted by molar-refractivity contribution is 0.296. The van der Waals surface area contributed by atoms with Crippen molar-refractivity contribution >= 4 is 34.0 Å². The fraction of sp³-hybridized carbons (Fsp3) is 0.391. The molecule has 1 heterocycles. The van der Waals surface area contributed by atoms with E-state index in [1.54, 1.807) is 0 Å². The molecule has 6 heteroatoms. The first kappa shape index (κ1) is 20.9. The molecule has 0 fully saturated rings. The van der Waals surface area contributed by atoms with Gasteiger partial charge in [0, 0.05) is 23.3 Å². The van der Waals surface area contributed by atoms with Gasteiger partial charge in [-0.15, -0.1) is 0 Å². The van der Waals surface area contributed by atoms with Gasteiger partial charge in [-0.2, -0.15) is 4.98 Å². The zero-order valence-corrected chi connectivity index (χ0v) is 17.5. The van der Waals surface area contributed by atoms with E-state index in [2.05, 4.69) is 45.4 Å². The Morgan fingerprint density at radius 2 is 1.69 bits per heavy atom. The van der Waals surface area contributed by atoms with E-state index >= 15 is 0 Å². The van der Waals surface area contributed by atoms with Gasteiger partial charge in [0.1, 0.15) is 5.82 Å². The summed E-state index contributed by atoms with van der Waals surface area (Å²) >= 11 is 0. The highest BCUT2D eigenvalue weighted by Gasteiger charge is 2.08. The van der Waals surface area contributed by atoms with Crippen molar-refractivity contribution in [3.05, 3.63) is 48.5 Å². The molecular formula is C23H32N6. The number of para-hydroxylation sites is 1. The molecule has 0 unspecified atom stereocenters. The standard InChI is InChI=1S/C23H32N6/c1-3-29(4-2)16-10-6-9-15-25-22-20-17-19(26-18-11-7-5-8-12-18)13-14-21(20)27-23(24)28-22/h5,7-8,11-14,17,26H,3-4,6,9-10,15-16H2,1-2H3,(H3,24,25,27,28). The van der Waals surface area contributed by atoms with Crippen LogP contribution >= 0.6 is 0 Å². The highest BCUT2D eigenvalue weighted by atomic mass is 15.1. The van der Waals surface area contributed by atoms with Gasteiger partial charge in [0.15, 0.2) is 0 Å². The summed E-state index contributed by atoms with van der Waals surface area (Å²) in [4.78, 5) is 11.3. The van der Waals surface area contributed by atoms with Gasteiger partial charge < -0.3 is 21.3 Å². The Morgan fingerprint density at radius 1 is 0.897 bits per heavy atom. The molecule has 0 aliphatic carbocycles. The van der Waals surface area contributed by atoms with Crippen LogP contribution in [0.3, 0.4) is 0 Å². The van der Waals surface area contributed by atoms with Gasteiger partial charge in [0.2, 0.25) is 5.95 Å². The number of rotatable bonds is 11. The third-order valence-corrected chi connectivity index (χ3v) is 5.11. The average molecular weight is 393 g/mol. The monoisotopic (exact) mass is 392 g/mol. The van der Waals surface area contributed by atoms with Crippen molar-refractivity contribution in [1.29, 1.82) is 0 Å². The number of aromatic nitrogens is 2. The highest BCUT2D eigenvalue weighted by molar-refractivity contribution is 5.93. The van der Waals surface area contributed by atoms with Crippen LogP contribution < -0.4 is 16.4 Å². The minimum atomic E-state index is 0.297. The first-order valence-electron chi connectivity index (χ1n) is 10.5. The number of benzene rings is 2. The molecule has 0 saturated carbocycles. The van der Waals surface area contributed by atoms with Crippen LogP contribution in [0.1, 0.15) is 33.1 Å². The first-order chi connectivity index (χ1) is 14.2. The summed E-state index contributed by atoms with van der Waals surface area (Å²) in [6, 6.07) is 16.2. The molecule has 0 saturated heterocycles. The Balaban J connectivity index is 1.63. The molecule has 29 heavy (non-hydrogen) atoms. The van der Waals surface area contributed by atoms with Gasteiger partial charge in [0.25, 0.3) is 0 Å². The maximum atomic E-state index is 5.92. The van der Waals surface area contributed by atoms with Gasteiger partial charge in [0.05, 0.1) is 5.52 Å². The normalized spacial score (nSPS) is 11.1. The van der Waals surface area contributed by atoms with E-state index in [0.29, 0.717) is 5.95 Å². The van der Waals surface area contributed by atoms with Gasteiger partial charge in [-0.25, -0.2) is 4.98 Å². The fourth-order valence-electron chi connectivity index (χ4n) is 3.43. The molecule has 0 atom stereocenters. The number of unbranched alkanes of at least 4 members (excludes halogenated alkanes) is 2. The number of hydrogen-bond donors (Lipinski definition) is 3. The summed E-state index contributed by atoms with van der Waals surface area (Å²) < 4.78 is 0. The quantitative estimate of drug-likeness (QED) is 0.404. The van der Waals surface area contributed by atoms with Crippen LogP contribution in [0.15, 0.2) is 48.5 Å². The largest absolute Gasteiger partial charge is 0.369 e. The third kappa shape index (κ3) is 6.06. The van der Waals surface area contributed by atoms with E-state index in [9.17, 15) is 0 Å². The van der Waals surface area contributed by atoms with Gasteiger partial charge in [-0.3, -0.25) is 0 Å². The van der Waals surface area contributed by atoms with Gasteiger partial charge >= 0.3 is 0 Å². The summed E-state index contributed by atoms with van der Waals surface area (Å²) in [5, 5.41) is 7.86. The van der Waals surface area contributed by atoms with E-state index in [1.807, 2.05) is 42.5 Å². The Hall–Kier alpha value is -2.86. The maximum absolute atomic E-state index is 5.92. The van der Waals surface area contributed by atoms with Crippen molar-refractivity contribution in [2.24, 2.45) is 0 Å². The second-order valence-corrected chi connectivity index (χ2v) is 7.17. The number of nitrogens with two attached hydrogens (primary N) is 1. The van der Waals surface area contributed by atoms with E-state index in [4.69, 9.17) is 5.73 Å². The minimum absolute atomic E-state index is 0.297. The third-order valence-electron chi connectivity index (χ3n) is 5.11. The Kier molecular flexibility index (Phi) is 7.64. The summed E-state index contributed by atoms with van der Waals surface area (Å²) in [6.45, 7) is 8.73. The second-order valence-electron chi connectivity index (χ2n) is 7.17. The van der Waals surface area contributed by atoms with Crippen LogP contribution in [0.25, 0.3) is 10.9 Å². The summed E-state index contributed by atoms with van der Waals surface area (Å²) in [7, 11) is 0. The molecule has 154 valence electrons. The molecule has 0 radical (unpaired) electrons. The van der Waals surface area contributed by atoms with Crippen molar-refractivity contribution in [3.8, 4) is 0 Å². The maximum Gasteiger partial charge on any atom is 0.222 e. The molecule has 3 rings (SSSR count). The second kappa shape index (κ2) is 10.6. The van der Waals surface area contributed by atoms with E-state index in [0.717, 1.165) is 54.2 Å².